The summed E-state index contributed by atoms with van der Waals surface area (Å²) in [7, 11) is 0. The van der Waals surface area contributed by atoms with Crippen LogP contribution in [0.3, 0.4) is 0 Å². The van der Waals surface area contributed by atoms with Crippen LogP contribution in [0.4, 0.5) is 11.4 Å². The predicted octanol–water partition coefficient (Wildman–Crippen LogP) is 18.1. The highest BCUT2D eigenvalue weighted by molar-refractivity contribution is 6.33. The van der Waals surface area contributed by atoms with Gasteiger partial charge in [-0.1, -0.05) is 183 Å². The third kappa shape index (κ3) is 5.29. The highest BCUT2D eigenvalue weighted by atomic mass is 15.2. The second kappa shape index (κ2) is 14.1. The van der Waals surface area contributed by atoms with Crippen LogP contribution in [-0.4, -0.2) is 5.54 Å². The van der Waals surface area contributed by atoms with Gasteiger partial charge in [0.15, 0.2) is 0 Å². The van der Waals surface area contributed by atoms with E-state index >= 15 is 0 Å². The van der Waals surface area contributed by atoms with Crippen molar-refractivity contribution in [3.8, 4) is 44.5 Å². The fraction of sp³-hybridized carbons (Fsp3) is 0.108. The molecule has 0 aromatic heterocycles. The van der Waals surface area contributed by atoms with Crippen molar-refractivity contribution in [1.82, 2.24) is 0 Å². The number of hydrogen-bond acceptors (Lipinski definition) is 1. The summed E-state index contributed by atoms with van der Waals surface area (Å²) in [5.74, 6) is 1.03. The molecule has 1 fully saturated rings. The van der Waals surface area contributed by atoms with Crippen molar-refractivity contribution in [3.05, 3.63) is 218 Å². The number of hydrogen-bond donors (Lipinski definition) is 0. The Balaban J connectivity index is 1.12. The molecule has 3 unspecified atom stereocenters. The fourth-order valence-corrected chi connectivity index (χ4v) is 13.1. The van der Waals surface area contributed by atoms with Crippen molar-refractivity contribution in [3.63, 3.8) is 0 Å². The second-order valence-corrected chi connectivity index (χ2v) is 19.4. The van der Waals surface area contributed by atoms with Gasteiger partial charge in [0.25, 0.3) is 0 Å². The summed E-state index contributed by atoms with van der Waals surface area (Å²) in [5.41, 5.74) is 14.3. The smallest absolute Gasteiger partial charge is 0.0495 e. The maximum Gasteiger partial charge on any atom is 0.0495 e. The van der Waals surface area contributed by atoms with Gasteiger partial charge in [0.05, 0.1) is 0 Å². The molecule has 0 N–H and O–H groups in total. The number of benzene rings is 12. The van der Waals surface area contributed by atoms with Crippen molar-refractivity contribution in [1.29, 1.82) is 0 Å². The molecule has 12 aromatic carbocycles. The summed E-state index contributed by atoms with van der Waals surface area (Å²) >= 11 is 0. The zero-order chi connectivity index (χ0) is 43.7. The zero-order valence-corrected chi connectivity index (χ0v) is 37.2. The highest BCUT2D eigenvalue weighted by Gasteiger charge is 2.54. The lowest BCUT2D eigenvalue weighted by atomic mass is 9.79. The minimum absolute atomic E-state index is 0.0223. The molecule has 0 radical (unpaired) electrons. The van der Waals surface area contributed by atoms with Gasteiger partial charge in [-0.3, -0.25) is 0 Å². The molecule has 2 aliphatic rings. The van der Waals surface area contributed by atoms with Crippen LogP contribution >= 0.6 is 0 Å². The van der Waals surface area contributed by atoms with E-state index in [0.717, 1.165) is 0 Å². The number of rotatable bonds is 5. The first-order valence-electron chi connectivity index (χ1n) is 23.8. The van der Waals surface area contributed by atoms with E-state index in [2.05, 4.69) is 231 Å². The topological polar surface area (TPSA) is 3.24 Å². The van der Waals surface area contributed by atoms with Crippen LogP contribution < -0.4 is 4.90 Å². The monoisotopic (exact) mass is 841 g/mol. The van der Waals surface area contributed by atoms with Crippen LogP contribution in [0.1, 0.15) is 38.2 Å². The van der Waals surface area contributed by atoms with Gasteiger partial charge in [0, 0.05) is 22.8 Å². The Hall–Kier alpha value is -7.74. The van der Waals surface area contributed by atoms with Gasteiger partial charge in [-0.05, 0) is 177 Å². The Morgan fingerprint density at radius 3 is 1.35 bits per heavy atom. The minimum atomic E-state index is 0.0223. The molecule has 0 amide bonds. The van der Waals surface area contributed by atoms with Crippen LogP contribution in [0, 0.1) is 5.92 Å². The van der Waals surface area contributed by atoms with Crippen molar-refractivity contribution in [2.45, 2.75) is 38.1 Å². The Morgan fingerprint density at radius 1 is 0.394 bits per heavy atom. The average Bonchev–Trinajstić information content (AvgIpc) is 3.82. The molecule has 14 rings (SSSR count). The molecule has 12 aromatic rings. The van der Waals surface area contributed by atoms with Crippen LogP contribution in [0.2, 0.25) is 0 Å². The Morgan fingerprint density at radius 2 is 0.833 bits per heavy atom. The Kier molecular flexibility index (Phi) is 8.05. The largest absolute Gasteiger partial charge is 0.335 e. The number of anilines is 2. The van der Waals surface area contributed by atoms with E-state index in [0.29, 0.717) is 11.8 Å². The lowest BCUT2D eigenvalue weighted by Crippen LogP contribution is -2.40. The van der Waals surface area contributed by atoms with Crippen molar-refractivity contribution >= 4 is 76.0 Å². The fourth-order valence-electron chi connectivity index (χ4n) is 13.1. The SMILES string of the molecule is CC1CCC2(C)C1c1cc(-c3cc(-c4cccc5ccccc45)c4ccc5c(-c6cccc7ccccc67)cc(-c6cccc7ccccc67)c6ccc3c4c65)ccc1N2c1ccccc1. The number of nitrogens with zero attached hydrogens (tertiary/aromatic N) is 1. The number of fused-ring (bicyclic) bond motifs is 6. The molecule has 0 bridgehead atoms. The third-order valence-corrected chi connectivity index (χ3v) is 15.9. The molecule has 1 aliphatic heterocycles. The second-order valence-electron chi connectivity index (χ2n) is 19.4. The molecule has 66 heavy (non-hydrogen) atoms. The van der Waals surface area contributed by atoms with Crippen LogP contribution in [0.5, 0.6) is 0 Å². The molecular weight excluding hydrogens is 795 g/mol. The van der Waals surface area contributed by atoms with E-state index in [-0.39, 0.29) is 5.54 Å². The molecule has 0 spiro atoms. The minimum Gasteiger partial charge on any atom is -0.335 e. The first-order valence-corrected chi connectivity index (χ1v) is 23.8. The lowest BCUT2D eigenvalue weighted by Gasteiger charge is -2.38. The summed E-state index contributed by atoms with van der Waals surface area (Å²) in [5, 5.41) is 15.4. The van der Waals surface area contributed by atoms with Crippen LogP contribution in [-0.2, 0) is 0 Å². The van der Waals surface area contributed by atoms with E-state index in [1.54, 1.807) is 0 Å². The lowest BCUT2D eigenvalue weighted by molar-refractivity contribution is 0.414. The summed E-state index contributed by atoms with van der Waals surface area (Å²) in [4.78, 5) is 2.68. The quantitative estimate of drug-likeness (QED) is 0.156. The molecule has 1 heterocycles. The highest BCUT2D eigenvalue weighted by Crippen LogP contribution is 2.61. The predicted molar refractivity (Wildman–Crippen MR) is 283 cm³/mol. The summed E-state index contributed by atoms with van der Waals surface area (Å²) < 4.78 is 0. The van der Waals surface area contributed by atoms with Crippen molar-refractivity contribution in [2.75, 3.05) is 4.90 Å². The van der Waals surface area contributed by atoms with Gasteiger partial charge in [-0.15, -0.1) is 0 Å². The third-order valence-electron chi connectivity index (χ3n) is 15.9. The maximum absolute atomic E-state index is 2.68. The summed E-state index contributed by atoms with van der Waals surface area (Å²) in [6, 6.07) is 80.4. The standard InChI is InChI=1S/C65H47N/c1-40-35-36-65(2)64(40)60-37-44(29-34-61(60)66(65)45-21-4-3-5-22-45)56-38-57(49-26-12-18-41-15-6-9-23-46(41)49)53-32-33-55-59(51-28-14-20-43-17-8-11-25-48(43)51)39-58(54-31-30-52(56)62(53)63(54)55)50-27-13-19-42-16-7-10-24-47(42)50/h3-34,37-40,64H,35-36H2,1-2H3. The number of para-hydroxylation sites is 1. The van der Waals surface area contributed by atoms with Gasteiger partial charge in [0.1, 0.15) is 0 Å². The molecule has 0 saturated heterocycles. The van der Waals surface area contributed by atoms with Gasteiger partial charge in [0.2, 0.25) is 0 Å². The molecule has 3 atom stereocenters. The molecule has 1 aliphatic carbocycles. The van der Waals surface area contributed by atoms with E-state index in [4.69, 9.17) is 0 Å². The zero-order valence-electron chi connectivity index (χ0n) is 37.2. The van der Waals surface area contributed by atoms with Crippen LogP contribution in [0.15, 0.2) is 212 Å². The molecule has 1 heteroatoms. The van der Waals surface area contributed by atoms with Crippen LogP contribution in [0.25, 0.3) is 109 Å². The van der Waals surface area contributed by atoms with E-state index in [1.165, 1.54) is 139 Å². The molecular formula is C65H47N. The first-order chi connectivity index (χ1) is 32.5. The molecule has 1 nitrogen and oxygen atoms in total. The normalized spacial score (nSPS) is 18.1. The van der Waals surface area contributed by atoms with E-state index in [9.17, 15) is 0 Å². The average molecular weight is 842 g/mol. The van der Waals surface area contributed by atoms with Gasteiger partial charge in [-0.2, -0.15) is 0 Å². The van der Waals surface area contributed by atoms with Crippen molar-refractivity contribution < 1.29 is 0 Å². The van der Waals surface area contributed by atoms with Gasteiger partial charge >= 0.3 is 0 Å². The summed E-state index contributed by atoms with van der Waals surface area (Å²) in [6.07, 6.45) is 2.41. The van der Waals surface area contributed by atoms with Crippen molar-refractivity contribution in [2.24, 2.45) is 5.92 Å². The Bertz CT molecular complexity index is 3820. The summed E-state index contributed by atoms with van der Waals surface area (Å²) in [6.45, 7) is 5.00. The molecule has 1 saturated carbocycles. The molecule has 312 valence electrons. The first kappa shape index (κ1) is 37.6. The maximum atomic E-state index is 2.68. The van der Waals surface area contributed by atoms with Gasteiger partial charge < -0.3 is 4.90 Å². The van der Waals surface area contributed by atoms with Gasteiger partial charge in [-0.25, -0.2) is 0 Å². The Labute approximate surface area is 385 Å². The van der Waals surface area contributed by atoms with E-state index < -0.39 is 0 Å². The van der Waals surface area contributed by atoms with E-state index in [1.807, 2.05) is 0 Å².